The molecule has 5 heteroatoms. The van der Waals surface area contributed by atoms with Gasteiger partial charge in [-0.1, -0.05) is 0 Å². The first kappa shape index (κ1) is 13.4. The molecule has 2 N–H and O–H groups in total. The van der Waals surface area contributed by atoms with Crippen molar-refractivity contribution in [3.63, 3.8) is 0 Å². The predicted molar refractivity (Wildman–Crippen MR) is 61.2 cm³/mol. The summed E-state index contributed by atoms with van der Waals surface area (Å²) in [5, 5.41) is 12.8. The van der Waals surface area contributed by atoms with E-state index in [9.17, 15) is 9.90 Å². The van der Waals surface area contributed by atoms with E-state index in [1.807, 2.05) is 0 Å². The summed E-state index contributed by atoms with van der Waals surface area (Å²) in [6, 6.07) is 0. The van der Waals surface area contributed by atoms with E-state index < -0.39 is 5.60 Å². The largest absolute Gasteiger partial charge is 0.389 e. The summed E-state index contributed by atoms with van der Waals surface area (Å²) in [4.78, 5) is 13.3. The van der Waals surface area contributed by atoms with E-state index in [0.29, 0.717) is 19.6 Å². The van der Waals surface area contributed by atoms with Crippen LogP contribution in [-0.4, -0.2) is 60.9 Å². The van der Waals surface area contributed by atoms with Gasteiger partial charge in [0.2, 0.25) is 5.91 Å². The van der Waals surface area contributed by atoms with E-state index in [4.69, 9.17) is 4.74 Å². The minimum atomic E-state index is -0.851. The molecule has 1 atom stereocenters. The maximum absolute atomic E-state index is 11.8. The number of carbonyl (C=O) groups is 1. The van der Waals surface area contributed by atoms with E-state index in [0.717, 1.165) is 13.1 Å². The average molecular weight is 230 g/mol. The second-order valence-corrected chi connectivity index (χ2v) is 4.96. The van der Waals surface area contributed by atoms with Crippen LogP contribution in [0.15, 0.2) is 0 Å². The molecule has 0 aromatic rings. The first-order chi connectivity index (χ1) is 7.38. The van der Waals surface area contributed by atoms with Crippen molar-refractivity contribution >= 4 is 5.91 Å². The van der Waals surface area contributed by atoms with Gasteiger partial charge in [0.05, 0.1) is 24.7 Å². The Morgan fingerprint density at radius 1 is 1.62 bits per heavy atom. The molecule has 1 rings (SSSR count). The molecule has 5 nitrogen and oxygen atoms in total. The summed E-state index contributed by atoms with van der Waals surface area (Å²) in [5.41, 5.74) is -0.851. The van der Waals surface area contributed by atoms with Crippen LogP contribution in [0.25, 0.3) is 0 Å². The van der Waals surface area contributed by atoms with E-state index >= 15 is 0 Å². The van der Waals surface area contributed by atoms with Gasteiger partial charge in [0.25, 0.3) is 0 Å². The number of hydrogen-bond acceptors (Lipinski definition) is 4. The maximum Gasteiger partial charge on any atom is 0.225 e. The van der Waals surface area contributed by atoms with Gasteiger partial charge in [-0.3, -0.25) is 4.79 Å². The summed E-state index contributed by atoms with van der Waals surface area (Å²) in [5.74, 6) is 0.0100. The van der Waals surface area contributed by atoms with Crippen LogP contribution in [-0.2, 0) is 9.53 Å². The lowest BCUT2D eigenvalue weighted by atomic mass is 10.1. The number of hydrogen-bond donors (Lipinski definition) is 2. The van der Waals surface area contributed by atoms with Gasteiger partial charge in [0.1, 0.15) is 0 Å². The molecule has 1 aliphatic heterocycles. The fraction of sp³-hybridized carbons (Fsp3) is 0.909. The highest BCUT2D eigenvalue weighted by Crippen LogP contribution is 2.08. The minimum absolute atomic E-state index is 0.0100. The molecule has 1 amide bonds. The van der Waals surface area contributed by atoms with Crippen LogP contribution < -0.4 is 5.32 Å². The second kappa shape index (κ2) is 5.61. The minimum Gasteiger partial charge on any atom is -0.389 e. The molecule has 1 fully saturated rings. The fourth-order valence-electron chi connectivity index (χ4n) is 1.77. The van der Waals surface area contributed by atoms with Crippen molar-refractivity contribution in [2.75, 3.05) is 33.3 Å². The molecule has 0 aromatic carbocycles. The Balaban J connectivity index is 2.33. The summed E-state index contributed by atoms with van der Waals surface area (Å²) >= 11 is 0. The standard InChI is InChI=1S/C11H22N2O3/c1-11(2,15)8-13(3)10(14)6-9-7-12-4-5-16-9/h9,12,15H,4-8H2,1-3H3. The summed E-state index contributed by atoms with van der Waals surface area (Å²) in [6.07, 6.45) is 0.338. The smallest absolute Gasteiger partial charge is 0.225 e. The first-order valence-electron chi connectivity index (χ1n) is 5.67. The second-order valence-electron chi connectivity index (χ2n) is 4.96. The van der Waals surface area contributed by atoms with Crippen molar-refractivity contribution < 1.29 is 14.6 Å². The number of amides is 1. The number of likely N-dealkylation sites (N-methyl/N-ethyl adjacent to an activating group) is 1. The Hall–Kier alpha value is -0.650. The van der Waals surface area contributed by atoms with Crippen LogP contribution in [0.3, 0.4) is 0 Å². The third-order valence-electron chi connectivity index (χ3n) is 2.46. The molecule has 0 radical (unpaired) electrons. The number of rotatable bonds is 4. The number of carbonyl (C=O) groups excluding carboxylic acids is 1. The quantitative estimate of drug-likeness (QED) is 0.689. The van der Waals surface area contributed by atoms with Gasteiger partial charge in [-0.15, -0.1) is 0 Å². The van der Waals surface area contributed by atoms with E-state index in [2.05, 4.69) is 5.32 Å². The van der Waals surface area contributed by atoms with Crippen LogP contribution in [0.1, 0.15) is 20.3 Å². The topological polar surface area (TPSA) is 61.8 Å². The summed E-state index contributed by atoms with van der Waals surface area (Å²) < 4.78 is 5.46. The van der Waals surface area contributed by atoms with E-state index in [1.54, 1.807) is 25.8 Å². The molecule has 1 unspecified atom stereocenters. The summed E-state index contributed by atoms with van der Waals surface area (Å²) in [6.45, 7) is 5.95. The highest BCUT2D eigenvalue weighted by Gasteiger charge is 2.23. The van der Waals surface area contributed by atoms with Crippen molar-refractivity contribution in [1.29, 1.82) is 0 Å². The molecular formula is C11H22N2O3. The molecular weight excluding hydrogens is 208 g/mol. The van der Waals surface area contributed by atoms with Gasteiger partial charge in [-0.2, -0.15) is 0 Å². The fourth-order valence-corrected chi connectivity index (χ4v) is 1.77. The van der Waals surface area contributed by atoms with Gasteiger partial charge < -0.3 is 20.1 Å². The Bertz CT molecular complexity index is 232. The highest BCUT2D eigenvalue weighted by molar-refractivity contribution is 5.76. The Labute approximate surface area is 96.8 Å². The van der Waals surface area contributed by atoms with Crippen molar-refractivity contribution in [3.8, 4) is 0 Å². The molecule has 1 aliphatic rings. The Morgan fingerprint density at radius 2 is 2.31 bits per heavy atom. The van der Waals surface area contributed by atoms with Gasteiger partial charge in [0, 0.05) is 26.7 Å². The van der Waals surface area contributed by atoms with Crippen LogP contribution in [0.5, 0.6) is 0 Å². The predicted octanol–water partition coefficient (Wildman–Crippen LogP) is -0.406. The lowest BCUT2D eigenvalue weighted by Gasteiger charge is -2.28. The molecule has 0 aliphatic carbocycles. The first-order valence-corrected chi connectivity index (χ1v) is 5.67. The number of ether oxygens (including phenoxy) is 1. The molecule has 1 heterocycles. The van der Waals surface area contributed by atoms with E-state index in [1.165, 1.54) is 0 Å². The molecule has 94 valence electrons. The van der Waals surface area contributed by atoms with Crippen LogP contribution in [0.4, 0.5) is 0 Å². The molecule has 0 spiro atoms. The van der Waals surface area contributed by atoms with Gasteiger partial charge in [-0.25, -0.2) is 0 Å². The van der Waals surface area contributed by atoms with Crippen LogP contribution >= 0.6 is 0 Å². The van der Waals surface area contributed by atoms with Gasteiger partial charge in [-0.05, 0) is 13.8 Å². The number of nitrogens with one attached hydrogen (secondary N) is 1. The third kappa shape index (κ3) is 4.92. The third-order valence-corrected chi connectivity index (χ3v) is 2.46. The van der Waals surface area contributed by atoms with Crippen molar-refractivity contribution in [2.24, 2.45) is 0 Å². The van der Waals surface area contributed by atoms with Gasteiger partial charge >= 0.3 is 0 Å². The molecule has 0 bridgehead atoms. The average Bonchev–Trinajstić information content (AvgIpc) is 2.16. The normalized spacial score (nSPS) is 21.9. The molecule has 16 heavy (non-hydrogen) atoms. The lowest BCUT2D eigenvalue weighted by Crippen LogP contribution is -2.44. The summed E-state index contributed by atoms with van der Waals surface area (Å²) in [7, 11) is 1.70. The van der Waals surface area contributed by atoms with E-state index in [-0.39, 0.29) is 12.0 Å². The van der Waals surface area contributed by atoms with Crippen LogP contribution in [0.2, 0.25) is 0 Å². The van der Waals surface area contributed by atoms with Crippen LogP contribution in [0, 0.1) is 0 Å². The zero-order valence-electron chi connectivity index (χ0n) is 10.3. The lowest BCUT2D eigenvalue weighted by molar-refractivity contribution is -0.136. The monoisotopic (exact) mass is 230 g/mol. The molecule has 0 saturated carbocycles. The van der Waals surface area contributed by atoms with Crippen molar-refractivity contribution in [3.05, 3.63) is 0 Å². The number of nitrogens with zero attached hydrogens (tertiary/aromatic N) is 1. The number of morpholine rings is 1. The SMILES string of the molecule is CN(CC(C)(C)O)C(=O)CC1CNCCO1. The zero-order chi connectivity index (χ0) is 12.2. The number of aliphatic hydroxyl groups is 1. The Morgan fingerprint density at radius 3 is 2.81 bits per heavy atom. The van der Waals surface area contributed by atoms with Gasteiger partial charge in [0.15, 0.2) is 0 Å². The zero-order valence-corrected chi connectivity index (χ0v) is 10.3. The molecule has 1 saturated heterocycles. The Kier molecular flexibility index (Phi) is 4.70. The van der Waals surface area contributed by atoms with Crippen molar-refractivity contribution in [2.45, 2.75) is 32.0 Å². The van der Waals surface area contributed by atoms with Crippen molar-refractivity contribution in [1.82, 2.24) is 10.2 Å². The maximum atomic E-state index is 11.8. The molecule has 0 aromatic heterocycles. The highest BCUT2D eigenvalue weighted by atomic mass is 16.5.